The van der Waals surface area contributed by atoms with E-state index in [1.807, 2.05) is 6.07 Å². The van der Waals surface area contributed by atoms with Crippen LogP contribution in [0.4, 0.5) is 5.69 Å². The van der Waals surface area contributed by atoms with Crippen LogP contribution >= 0.6 is 15.9 Å². The monoisotopic (exact) mass is 338 g/mol. The quantitative estimate of drug-likeness (QED) is 0.903. The number of methoxy groups -OCH3 is 1. The molecule has 2 unspecified atom stereocenters. The zero-order valence-electron chi connectivity index (χ0n) is 12.4. The molecule has 4 heteroatoms. The molecule has 1 saturated heterocycles. The molecule has 3 nitrogen and oxygen atoms in total. The van der Waals surface area contributed by atoms with Crippen molar-refractivity contribution in [2.24, 2.45) is 0 Å². The van der Waals surface area contributed by atoms with Gasteiger partial charge in [-0.1, -0.05) is 15.9 Å². The Morgan fingerprint density at radius 3 is 2.75 bits per heavy atom. The lowest BCUT2D eigenvalue weighted by atomic mass is 10.1. The highest BCUT2D eigenvalue weighted by molar-refractivity contribution is 9.10. The second kappa shape index (κ2) is 5.57. The highest BCUT2D eigenvalue weighted by Crippen LogP contribution is 2.37. The normalized spacial score (nSPS) is 26.8. The van der Waals surface area contributed by atoms with Gasteiger partial charge in [-0.2, -0.15) is 0 Å². The SMILES string of the molecule is COc1cc(Br)cc(C)c1NC1CC(C)N(C2CC2)C1. The van der Waals surface area contributed by atoms with Crippen LogP contribution in [-0.4, -0.2) is 36.7 Å². The lowest BCUT2D eigenvalue weighted by Crippen LogP contribution is -2.31. The Bertz CT molecular complexity index is 501. The van der Waals surface area contributed by atoms with Crippen molar-refractivity contribution in [2.75, 3.05) is 19.0 Å². The van der Waals surface area contributed by atoms with E-state index in [1.165, 1.54) is 24.8 Å². The molecular formula is C16H23BrN2O. The standard InChI is InChI=1S/C16H23BrN2O/c1-10-6-12(17)8-15(20-3)16(10)18-13-7-11(2)19(9-13)14-4-5-14/h6,8,11,13-14,18H,4-5,7,9H2,1-3H3. The van der Waals surface area contributed by atoms with Crippen LogP contribution < -0.4 is 10.1 Å². The number of ether oxygens (including phenoxy) is 1. The lowest BCUT2D eigenvalue weighted by molar-refractivity contribution is 0.257. The minimum Gasteiger partial charge on any atom is -0.495 e. The van der Waals surface area contributed by atoms with E-state index in [-0.39, 0.29) is 0 Å². The van der Waals surface area contributed by atoms with E-state index >= 15 is 0 Å². The Labute approximate surface area is 129 Å². The first-order valence-electron chi connectivity index (χ1n) is 7.45. The molecule has 0 aromatic heterocycles. The van der Waals surface area contributed by atoms with Crippen LogP contribution in [0.2, 0.25) is 0 Å². The van der Waals surface area contributed by atoms with Gasteiger partial charge in [-0.15, -0.1) is 0 Å². The molecule has 2 aliphatic rings. The maximum atomic E-state index is 5.52. The molecule has 0 radical (unpaired) electrons. The van der Waals surface area contributed by atoms with Gasteiger partial charge >= 0.3 is 0 Å². The molecule has 110 valence electrons. The molecule has 0 spiro atoms. The molecule has 1 N–H and O–H groups in total. The summed E-state index contributed by atoms with van der Waals surface area (Å²) in [5, 5.41) is 3.71. The predicted molar refractivity (Wildman–Crippen MR) is 86.6 cm³/mol. The van der Waals surface area contributed by atoms with Crippen LogP contribution in [0, 0.1) is 6.92 Å². The minimum absolute atomic E-state index is 0.527. The maximum absolute atomic E-state index is 5.52. The Balaban J connectivity index is 1.75. The number of likely N-dealkylation sites (tertiary alicyclic amines) is 1. The molecule has 3 rings (SSSR count). The van der Waals surface area contributed by atoms with Crippen molar-refractivity contribution < 1.29 is 4.74 Å². The Hall–Kier alpha value is -0.740. The van der Waals surface area contributed by atoms with Crippen molar-refractivity contribution in [3.63, 3.8) is 0 Å². The number of aryl methyl sites for hydroxylation is 1. The number of nitrogens with zero attached hydrogens (tertiary/aromatic N) is 1. The van der Waals surface area contributed by atoms with E-state index in [4.69, 9.17) is 4.74 Å². The highest BCUT2D eigenvalue weighted by atomic mass is 79.9. The summed E-state index contributed by atoms with van der Waals surface area (Å²) < 4.78 is 6.59. The average Bonchev–Trinajstić information content (AvgIpc) is 3.17. The van der Waals surface area contributed by atoms with Gasteiger partial charge in [0.25, 0.3) is 0 Å². The first-order valence-corrected chi connectivity index (χ1v) is 8.24. The summed E-state index contributed by atoms with van der Waals surface area (Å²) in [6.45, 7) is 5.64. The second-order valence-corrected chi connectivity index (χ2v) is 7.07. The molecule has 1 saturated carbocycles. The zero-order chi connectivity index (χ0) is 14.3. The number of hydrogen-bond donors (Lipinski definition) is 1. The first-order chi connectivity index (χ1) is 9.58. The van der Waals surface area contributed by atoms with Crippen molar-refractivity contribution in [3.05, 3.63) is 22.2 Å². The van der Waals surface area contributed by atoms with E-state index in [2.05, 4.69) is 46.1 Å². The summed E-state index contributed by atoms with van der Waals surface area (Å²) in [4.78, 5) is 2.67. The van der Waals surface area contributed by atoms with Crippen LogP contribution in [-0.2, 0) is 0 Å². The number of benzene rings is 1. The molecule has 1 aromatic rings. The van der Waals surface area contributed by atoms with Gasteiger partial charge in [-0.05, 0) is 50.8 Å². The molecular weight excluding hydrogens is 316 g/mol. The van der Waals surface area contributed by atoms with Crippen molar-refractivity contribution in [3.8, 4) is 5.75 Å². The summed E-state index contributed by atoms with van der Waals surface area (Å²) in [5.41, 5.74) is 2.37. The van der Waals surface area contributed by atoms with E-state index in [0.717, 1.165) is 28.5 Å². The van der Waals surface area contributed by atoms with E-state index < -0.39 is 0 Å². The molecule has 1 heterocycles. The van der Waals surface area contributed by atoms with Gasteiger partial charge in [-0.3, -0.25) is 4.90 Å². The second-order valence-electron chi connectivity index (χ2n) is 6.15. The van der Waals surface area contributed by atoms with Crippen LogP contribution in [0.3, 0.4) is 0 Å². The lowest BCUT2D eigenvalue weighted by Gasteiger charge is -2.21. The summed E-state index contributed by atoms with van der Waals surface area (Å²) in [6.07, 6.45) is 3.99. The van der Waals surface area contributed by atoms with Gasteiger partial charge < -0.3 is 10.1 Å². The van der Waals surface area contributed by atoms with Gasteiger partial charge in [0, 0.05) is 29.1 Å². The Morgan fingerprint density at radius 2 is 2.10 bits per heavy atom. The molecule has 1 aromatic carbocycles. The third kappa shape index (κ3) is 2.82. The number of hydrogen-bond acceptors (Lipinski definition) is 3. The number of nitrogens with one attached hydrogen (secondary N) is 1. The molecule has 0 amide bonds. The maximum Gasteiger partial charge on any atom is 0.143 e. The molecule has 0 bridgehead atoms. The highest BCUT2D eigenvalue weighted by Gasteiger charge is 2.38. The number of anilines is 1. The van der Waals surface area contributed by atoms with Crippen LogP contribution in [0.1, 0.15) is 31.7 Å². The predicted octanol–water partition coefficient (Wildman–Crippen LogP) is 3.80. The Morgan fingerprint density at radius 1 is 1.35 bits per heavy atom. The van der Waals surface area contributed by atoms with Crippen LogP contribution in [0.25, 0.3) is 0 Å². The molecule has 20 heavy (non-hydrogen) atoms. The fourth-order valence-corrected chi connectivity index (χ4v) is 3.89. The number of halogens is 1. The minimum atomic E-state index is 0.527. The smallest absolute Gasteiger partial charge is 0.143 e. The largest absolute Gasteiger partial charge is 0.495 e. The number of rotatable bonds is 4. The fourth-order valence-electron chi connectivity index (χ4n) is 3.34. The van der Waals surface area contributed by atoms with Crippen molar-refractivity contribution in [2.45, 2.75) is 51.2 Å². The van der Waals surface area contributed by atoms with E-state index in [1.54, 1.807) is 7.11 Å². The van der Waals surface area contributed by atoms with Crippen molar-refractivity contribution in [1.82, 2.24) is 4.90 Å². The van der Waals surface area contributed by atoms with E-state index in [0.29, 0.717) is 12.1 Å². The average molecular weight is 339 g/mol. The zero-order valence-corrected chi connectivity index (χ0v) is 14.0. The molecule has 1 aliphatic carbocycles. The molecule has 1 aliphatic heterocycles. The Kier molecular flexibility index (Phi) is 3.95. The summed E-state index contributed by atoms with van der Waals surface area (Å²) in [7, 11) is 1.74. The van der Waals surface area contributed by atoms with Crippen molar-refractivity contribution >= 4 is 21.6 Å². The van der Waals surface area contributed by atoms with Gasteiger partial charge in [0.1, 0.15) is 5.75 Å². The van der Waals surface area contributed by atoms with Gasteiger partial charge in [0.2, 0.25) is 0 Å². The molecule has 2 fully saturated rings. The fraction of sp³-hybridized carbons (Fsp3) is 0.625. The first kappa shape index (κ1) is 14.2. The van der Waals surface area contributed by atoms with Gasteiger partial charge in [0.15, 0.2) is 0 Å². The third-order valence-corrected chi connectivity index (χ3v) is 4.93. The topological polar surface area (TPSA) is 24.5 Å². The van der Waals surface area contributed by atoms with E-state index in [9.17, 15) is 0 Å². The summed E-state index contributed by atoms with van der Waals surface area (Å²) in [6, 6.07) is 6.25. The van der Waals surface area contributed by atoms with Gasteiger partial charge in [-0.25, -0.2) is 0 Å². The summed E-state index contributed by atoms with van der Waals surface area (Å²) >= 11 is 3.53. The summed E-state index contributed by atoms with van der Waals surface area (Å²) in [5.74, 6) is 0.925. The van der Waals surface area contributed by atoms with Gasteiger partial charge in [0.05, 0.1) is 12.8 Å². The van der Waals surface area contributed by atoms with Crippen LogP contribution in [0.15, 0.2) is 16.6 Å². The third-order valence-electron chi connectivity index (χ3n) is 4.47. The van der Waals surface area contributed by atoms with Crippen LogP contribution in [0.5, 0.6) is 5.75 Å². The molecule has 2 atom stereocenters. The van der Waals surface area contributed by atoms with Crippen molar-refractivity contribution in [1.29, 1.82) is 0 Å².